The molecule has 0 aromatic heterocycles. The van der Waals surface area contributed by atoms with E-state index in [2.05, 4.69) is 24.5 Å². The van der Waals surface area contributed by atoms with E-state index in [1.807, 2.05) is 0 Å². The summed E-state index contributed by atoms with van der Waals surface area (Å²) in [4.78, 5) is 44.5. The normalized spacial score (nSPS) is 31.9. The molecule has 2 rings (SSSR count). The molecular formula is C23H38N2O8. The Morgan fingerprint density at radius 2 is 1.06 bits per heavy atom. The minimum atomic E-state index is -1.14. The van der Waals surface area contributed by atoms with E-state index in [9.17, 15) is 29.4 Å². The molecule has 0 aromatic rings. The van der Waals surface area contributed by atoms with E-state index < -0.39 is 48.8 Å². The lowest BCUT2D eigenvalue weighted by molar-refractivity contribution is -0.146. The Hall–Kier alpha value is -2.20. The first-order chi connectivity index (χ1) is 15.5. The van der Waals surface area contributed by atoms with Gasteiger partial charge in [0.05, 0.1) is 12.8 Å². The topological polar surface area (TPSA) is 173 Å². The maximum absolute atomic E-state index is 11.3. The Balaban J connectivity index is 1.82. The van der Waals surface area contributed by atoms with E-state index in [1.165, 1.54) is 0 Å². The van der Waals surface area contributed by atoms with Crippen LogP contribution in [0.3, 0.4) is 0 Å². The quantitative estimate of drug-likeness (QED) is 0.248. The second-order valence-electron chi connectivity index (χ2n) is 10.0. The summed E-state index contributed by atoms with van der Waals surface area (Å²) in [7, 11) is 0. The number of carboxylic acids is 4. The molecule has 0 aliphatic heterocycles. The van der Waals surface area contributed by atoms with Crippen LogP contribution in [-0.4, -0.2) is 68.5 Å². The first-order valence-corrected chi connectivity index (χ1v) is 11.9. The Bertz CT molecular complexity index is 657. The zero-order valence-corrected chi connectivity index (χ0v) is 19.4. The molecule has 0 saturated heterocycles. The summed E-state index contributed by atoms with van der Waals surface area (Å²) in [5.74, 6) is -2.72. The van der Waals surface area contributed by atoms with Crippen LogP contribution in [0.2, 0.25) is 0 Å². The molecule has 6 N–H and O–H groups in total. The van der Waals surface area contributed by atoms with Gasteiger partial charge in [-0.25, -0.2) is 0 Å². The second kappa shape index (κ2) is 12.3. The summed E-state index contributed by atoms with van der Waals surface area (Å²) in [6.07, 6.45) is 5.38. The van der Waals surface area contributed by atoms with E-state index >= 15 is 0 Å². The van der Waals surface area contributed by atoms with Crippen molar-refractivity contribution in [3.05, 3.63) is 0 Å². The predicted molar refractivity (Wildman–Crippen MR) is 119 cm³/mol. The molecule has 0 heterocycles. The van der Waals surface area contributed by atoms with Gasteiger partial charge in [-0.2, -0.15) is 0 Å². The first kappa shape index (κ1) is 27.0. The summed E-state index contributed by atoms with van der Waals surface area (Å²) in [6.45, 7) is 4.35. The Morgan fingerprint density at radius 1 is 0.697 bits per heavy atom. The number of rotatable bonds is 12. The van der Waals surface area contributed by atoms with E-state index in [4.69, 9.17) is 10.2 Å². The molecule has 0 bridgehead atoms. The van der Waals surface area contributed by atoms with Gasteiger partial charge in [-0.05, 0) is 68.6 Å². The number of aliphatic carboxylic acids is 4. The number of carbonyl (C=O) groups is 4. The predicted octanol–water partition coefficient (Wildman–Crippen LogP) is 2.02. The van der Waals surface area contributed by atoms with Crippen LogP contribution < -0.4 is 10.6 Å². The number of nitrogens with one attached hydrogen (secondary N) is 2. The highest BCUT2D eigenvalue weighted by Crippen LogP contribution is 2.40. The smallest absolute Gasteiger partial charge is 0.321 e. The van der Waals surface area contributed by atoms with Crippen molar-refractivity contribution in [2.75, 3.05) is 0 Å². The molecule has 8 atom stereocenters. The van der Waals surface area contributed by atoms with Gasteiger partial charge < -0.3 is 31.1 Å². The van der Waals surface area contributed by atoms with Gasteiger partial charge in [0.1, 0.15) is 12.1 Å². The summed E-state index contributed by atoms with van der Waals surface area (Å²) in [5, 5.41) is 42.4. The van der Waals surface area contributed by atoms with E-state index in [1.54, 1.807) is 0 Å². The van der Waals surface area contributed by atoms with Crippen LogP contribution in [0.25, 0.3) is 0 Å². The average Bonchev–Trinajstić information content (AvgIpc) is 2.70. The van der Waals surface area contributed by atoms with Crippen LogP contribution in [0.15, 0.2) is 0 Å². The first-order valence-electron chi connectivity index (χ1n) is 11.9. The number of carboxylic acid groups (broad SMARTS) is 4. The molecule has 33 heavy (non-hydrogen) atoms. The van der Waals surface area contributed by atoms with Crippen molar-refractivity contribution >= 4 is 23.9 Å². The highest BCUT2D eigenvalue weighted by Gasteiger charge is 2.36. The molecule has 10 heteroatoms. The summed E-state index contributed by atoms with van der Waals surface area (Å²) < 4.78 is 0. The Morgan fingerprint density at radius 3 is 1.33 bits per heavy atom. The molecule has 2 fully saturated rings. The third-order valence-electron chi connectivity index (χ3n) is 7.53. The molecule has 0 amide bonds. The maximum atomic E-state index is 11.3. The van der Waals surface area contributed by atoms with Crippen LogP contribution in [-0.2, 0) is 19.2 Å². The van der Waals surface area contributed by atoms with Crippen molar-refractivity contribution in [3.63, 3.8) is 0 Å². The lowest BCUT2D eigenvalue weighted by atomic mass is 9.68. The minimum absolute atomic E-state index is 0.00347. The monoisotopic (exact) mass is 470 g/mol. The van der Waals surface area contributed by atoms with Gasteiger partial charge in [-0.15, -0.1) is 0 Å². The van der Waals surface area contributed by atoms with Gasteiger partial charge in [0.2, 0.25) is 0 Å². The minimum Gasteiger partial charge on any atom is -0.481 e. The largest absolute Gasteiger partial charge is 0.481 e. The second-order valence-corrected chi connectivity index (χ2v) is 10.0. The molecular weight excluding hydrogens is 432 g/mol. The van der Waals surface area contributed by atoms with Crippen molar-refractivity contribution in [1.82, 2.24) is 10.6 Å². The average molecular weight is 471 g/mol. The standard InChI is InChI=1S/C23H38N2O8/c1-12-7-16(24-18(22(30)31)10-20(26)27)5-3-14(12)9-15-4-6-17(8-13(15)2)25-19(23(32)33)11-21(28)29/h12-19,24-25H,3-11H2,1-2H3,(H,26,27)(H,28,29)(H,30,31)(H,32,33)/t12?,13?,14?,15?,16?,17?,18-,19-/m0/s1. The van der Waals surface area contributed by atoms with Crippen LogP contribution in [0, 0.1) is 23.7 Å². The molecule has 0 radical (unpaired) electrons. The van der Waals surface area contributed by atoms with E-state index in [0.717, 1.165) is 44.9 Å². The summed E-state index contributed by atoms with van der Waals surface area (Å²) >= 11 is 0. The fourth-order valence-corrected chi connectivity index (χ4v) is 5.66. The molecule has 2 saturated carbocycles. The third kappa shape index (κ3) is 8.58. The zero-order valence-electron chi connectivity index (χ0n) is 19.4. The summed E-state index contributed by atoms with van der Waals surface area (Å²) in [5.41, 5.74) is 0. The van der Waals surface area contributed by atoms with Gasteiger partial charge in [-0.1, -0.05) is 13.8 Å². The van der Waals surface area contributed by atoms with Crippen LogP contribution in [0.5, 0.6) is 0 Å². The van der Waals surface area contributed by atoms with Gasteiger partial charge >= 0.3 is 23.9 Å². The SMILES string of the molecule is CC1CC(N[C@@H](CC(=O)O)C(=O)O)CCC1CC1CCC(N[C@@H](CC(=O)O)C(=O)O)CC1C. The molecule has 0 spiro atoms. The van der Waals surface area contributed by atoms with E-state index in [-0.39, 0.29) is 12.1 Å². The maximum Gasteiger partial charge on any atom is 0.321 e. The molecule has 2 aliphatic carbocycles. The third-order valence-corrected chi connectivity index (χ3v) is 7.53. The zero-order chi connectivity index (χ0) is 24.7. The van der Waals surface area contributed by atoms with Crippen molar-refractivity contribution in [3.8, 4) is 0 Å². The van der Waals surface area contributed by atoms with Crippen molar-refractivity contribution < 1.29 is 39.6 Å². The highest BCUT2D eigenvalue weighted by molar-refractivity contribution is 5.81. The molecule has 2 aliphatic rings. The van der Waals surface area contributed by atoms with Gasteiger partial charge in [0, 0.05) is 12.1 Å². The van der Waals surface area contributed by atoms with Crippen LogP contribution >= 0.6 is 0 Å². The van der Waals surface area contributed by atoms with Crippen LogP contribution in [0.4, 0.5) is 0 Å². The lowest BCUT2D eigenvalue weighted by Gasteiger charge is -2.41. The molecule has 188 valence electrons. The van der Waals surface area contributed by atoms with Gasteiger partial charge in [-0.3, -0.25) is 19.2 Å². The lowest BCUT2D eigenvalue weighted by Crippen LogP contribution is -2.48. The van der Waals surface area contributed by atoms with Gasteiger partial charge in [0.15, 0.2) is 0 Å². The Labute approximate surface area is 194 Å². The van der Waals surface area contributed by atoms with Crippen molar-refractivity contribution in [2.24, 2.45) is 23.7 Å². The molecule has 6 unspecified atom stereocenters. The highest BCUT2D eigenvalue weighted by atomic mass is 16.4. The molecule has 0 aromatic carbocycles. The Kier molecular flexibility index (Phi) is 10.1. The van der Waals surface area contributed by atoms with Crippen molar-refractivity contribution in [1.29, 1.82) is 0 Å². The van der Waals surface area contributed by atoms with Crippen molar-refractivity contribution in [2.45, 2.75) is 95.8 Å². The fourth-order valence-electron chi connectivity index (χ4n) is 5.66. The fraction of sp³-hybridized carbons (Fsp3) is 0.826. The number of hydrogen-bond donors (Lipinski definition) is 6. The molecule has 10 nitrogen and oxygen atoms in total. The summed E-state index contributed by atoms with van der Waals surface area (Å²) in [6, 6.07) is -2.16. The number of hydrogen-bond acceptors (Lipinski definition) is 6. The van der Waals surface area contributed by atoms with Crippen LogP contribution in [0.1, 0.15) is 71.6 Å². The van der Waals surface area contributed by atoms with E-state index in [0.29, 0.717) is 23.7 Å². The van der Waals surface area contributed by atoms with Gasteiger partial charge in [0.25, 0.3) is 0 Å².